The molecule has 0 aliphatic heterocycles. The van der Waals surface area contributed by atoms with Gasteiger partial charge in [-0.3, -0.25) is 0 Å². The maximum absolute atomic E-state index is 12.5. The van der Waals surface area contributed by atoms with Gasteiger partial charge in [0.2, 0.25) is 10.0 Å². The number of aliphatic hydroxyl groups excluding tert-OH is 1. The van der Waals surface area contributed by atoms with Crippen LogP contribution in [0.2, 0.25) is 0 Å². The van der Waals surface area contributed by atoms with Crippen LogP contribution in [0, 0.1) is 0 Å². The highest BCUT2D eigenvalue weighted by atomic mass is 79.9. The third-order valence-electron chi connectivity index (χ3n) is 3.04. The Morgan fingerprint density at radius 3 is 2.55 bits per heavy atom. The summed E-state index contributed by atoms with van der Waals surface area (Å²) in [6.45, 7) is 2.54. The van der Waals surface area contributed by atoms with E-state index in [9.17, 15) is 8.42 Å². The molecule has 1 N–H and O–H groups in total. The Balaban J connectivity index is 2.83. The van der Waals surface area contributed by atoms with Crippen molar-refractivity contribution in [3.05, 3.63) is 28.7 Å². The standard InChI is InChI=1S/C14H22BrNO3S/c1-2-3-4-5-9-16(10-11-17)20(18,19)14-8-6-7-13(15)12-14/h6-8,12,17H,2-5,9-11H2,1H3. The Morgan fingerprint density at radius 1 is 1.20 bits per heavy atom. The van der Waals surface area contributed by atoms with Crippen molar-refractivity contribution in [2.24, 2.45) is 0 Å². The molecule has 0 heterocycles. The van der Waals surface area contributed by atoms with E-state index in [2.05, 4.69) is 22.9 Å². The topological polar surface area (TPSA) is 57.6 Å². The van der Waals surface area contributed by atoms with E-state index in [0.717, 1.165) is 30.2 Å². The van der Waals surface area contributed by atoms with Gasteiger partial charge in [-0.1, -0.05) is 48.2 Å². The van der Waals surface area contributed by atoms with Crippen LogP contribution in [0.15, 0.2) is 33.6 Å². The van der Waals surface area contributed by atoms with Gasteiger partial charge in [0.15, 0.2) is 0 Å². The molecule has 4 nitrogen and oxygen atoms in total. The van der Waals surface area contributed by atoms with E-state index in [0.29, 0.717) is 6.54 Å². The van der Waals surface area contributed by atoms with Crippen LogP contribution in [0.3, 0.4) is 0 Å². The molecular formula is C14H22BrNO3S. The smallest absolute Gasteiger partial charge is 0.243 e. The largest absolute Gasteiger partial charge is 0.395 e. The summed E-state index contributed by atoms with van der Waals surface area (Å²) in [4.78, 5) is 0.260. The SMILES string of the molecule is CCCCCCN(CCO)S(=O)(=O)c1cccc(Br)c1. The molecule has 1 aromatic carbocycles. The molecule has 20 heavy (non-hydrogen) atoms. The summed E-state index contributed by atoms with van der Waals surface area (Å²) in [5.74, 6) is 0. The fourth-order valence-electron chi connectivity index (χ4n) is 1.96. The van der Waals surface area contributed by atoms with Crippen molar-refractivity contribution in [1.29, 1.82) is 0 Å². The van der Waals surface area contributed by atoms with Crippen molar-refractivity contribution in [2.45, 2.75) is 37.5 Å². The minimum atomic E-state index is -3.53. The average molecular weight is 364 g/mol. The molecule has 0 atom stereocenters. The lowest BCUT2D eigenvalue weighted by Crippen LogP contribution is -2.34. The number of aliphatic hydroxyl groups is 1. The Bertz CT molecular complexity index is 505. The zero-order valence-corrected chi connectivity index (χ0v) is 14.2. The van der Waals surface area contributed by atoms with E-state index >= 15 is 0 Å². The molecule has 1 rings (SSSR count). The monoisotopic (exact) mass is 363 g/mol. The Hall–Kier alpha value is -0.430. The number of rotatable bonds is 9. The van der Waals surface area contributed by atoms with Crippen molar-refractivity contribution in [1.82, 2.24) is 4.31 Å². The molecule has 1 aromatic rings. The number of hydrogen-bond donors (Lipinski definition) is 1. The van der Waals surface area contributed by atoms with Crippen LogP contribution in [0.25, 0.3) is 0 Å². The minimum Gasteiger partial charge on any atom is -0.395 e. The Morgan fingerprint density at radius 2 is 1.95 bits per heavy atom. The van der Waals surface area contributed by atoms with Crippen molar-refractivity contribution >= 4 is 26.0 Å². The summed E-state index contributed by atoms with van der Waals surface area (Å²) in [6, 6.07) is 6.66. The van der Waals surface area contributed by atoms with Gasteiger partial charge >= 0.3 is 0 Å². The molecule has 0 aromatic heterocycles. The predicted molar refractivity (Wildman–Crippen MR) is 84.1 cm³/mol. The Kier molecular flexibility index (Phi) is 7.72. The van der Waals surface area contributed by atoms with Crippen LogP contribution in [-0.4, -0.2) is 37.5 Å². The first kappa shape index (κ1) is 17.6. The first-order chi connectivity index (χ1) is 9.52. The highest BCUT2D eigenvalue weighted by molar-refractivity contribution is 9.10. The Labute approximate surface area is 130 Å². The first-order valence-corrected chi connectivity index (χ1v) is 9.12. The van der Waals surface area contributed by atoms with Crippen LogP contribution in [0.4, 0.5) is 0 Å². The van der Waals surface area contributed by atoms with Gasteiger partial charge in [-0.25, -0.2) is 8.42 Å². The van der Waals surface area contributed by atoms with Crippen LogP contribution >= 0.6 is 15.9 Å². The highest BCUT2D eigenvalue weighted by Crippen LogP contribution is 2.20. The van der Waals surface area contributed by atoms with Gasteiger partial charge in [0.05, 0.1) is 11.5 Å². The lowest BCUT2D eigenvalue weighted by atomic mass is 10.2. The number of hydrogen-bond acceptors (Lipinski definition) is 3. The second-order valence-corrected chi connectivity index (χ2v) is 7.50. The zero-order chi connectivity index (χ0) is 15.0. The summed E-state index contributed by atoms with van der Waals surface area (Å²) < 4.78 is 27.2. The van der Waals surface area contributed by atoms with Crippen molar-refractivity contribution < 1.29 is 13.5 Å². The van der Waals surface area contributed by atoms with Gasteiger partial charge in [-0.05, 0) is 24.6 Å². The highest BCUT2D eigenvalue weighted by Gasteiger charge is 2.23. The summed E-state index contributed by atoms with van der Waals surface area (Å²) in [5.41, 5.74) is 0. The molecule has 0 radical (unpaired) electrons. The molecule has 0 fully saturated rings. The van der Waals surface area contributed by atoms with E-state index in [1.54, 1.807) is 24.3 Å². The van der Waals surface area contributed by atoms with E-state index in [1.807, 2.05) is 0 Å². The van der Waals surface area contributed by atoms with Crippen molar-refractivity contribution in [3.8, 4) is 0 Å². The van der Waals surface area contributed by atoms with Gasteiger partial charge in [-0.2, -0.15) is 4.31 Å². The minimum absolute atomic E-state index is 0.140. The lowest BCUT2D eigenvalue weighted by Gasteiger charge is -2.21. The molecule has 0 aliphatic rings. The van der Waals surface area contributed by atoms with E-state index in [1.165, 1.54) is 4.31 Å². The van der Waals surface area contributed by atoms with Crippen LogP contribution < -0.4 is 0 Å². The van der Waals surface area contributed by atoms with Crippen LogP contribution in [0.5, 0.6) is 0 Å². The quantitative estimate of drug-likeness (QED) is 0.686. The molecule has 0 saturated carbocycles. The van der Waals surface area contributed by atoms with Crippen LogP contribution in [-0.2, 0) is 10.0 Å². The maximum Gasteiger partial charge on any atom is 0.243 e. The number of benzene rings is 1. The fourth-order valence-corrected chi connectivity index (χ4v) is 4.02. The second-order valence-electron chi connectivity index (χ2n) is 4.65. The van der Waals surface area contributed by atoms with Gasteiger partial charge in [0.25, 0.3) is 0 Å². The van der Waals surface area contributed by atoms with Gasteiger partial charge in [-0.15, -0.1) is 0 Å². The molecule has 0 bridgehead atoms. The lowest BCUT2D eigenvalue weighted by molar-refractivity contribution is 0.251. The van der Waals surface area contributed by atoms with Crippen molar-refractivity contribution in [2.75, 3.05) is 19.7 Å². The second kappa shape index (κ2) is 8.77. The molecule has 0 amide bonds. The third kappa shape index (κ3) is 5.16. The molecule has 0 unspecified atom stereocenters. The summed E-state index contributed by atoms with van der Waals surface area (Å²) >= 11 is 3.28. The normalized spacial score (nSPS) is 12.0. The molecule has 6 heteroatoms. The van der Waals surface area contributed by atoms with E-state index in [4.69, 9.17) is 5.11 Å². The van der Waals surface area contributed by atoms with E-state index < -0.39 is 10.0 Å². The molecule has 114 valence electrons. The molecule has 0 spiro atoms. The third-order valence-corrected chi connectivity index (χ3v) is 5.43. The average Bonchev–Trinajstić information content (AvgIpc) is 2.42. The number of unbranched alkanes of at least 4 members (excludes halogenated alkanes) is 3. The van der Waals surface area contributed by atoms with Crippen LogP contribution in [0.1, 0.15) is 32.6 Å². The summed E-state index contributed by atoms with van der Waals surface area (Å²) in [7, 11) is -3.53. The maximum atomic E-state index is 12.5. The summed E-state index contributed by atoms with van der Waals surface area (Å²) in [6.07, 6.45) is 4.04. The zero-order valence-electron chi connectivity index (χ0n) is 11.8. The van der Waals surface area contributed by atoms with Gasteiger partial charge in [0.1, 0.15) is 0 Å². The summed E-state index contributed by atoms with van der Waals surface area (Å²) in [5, 5.41) is 9.09. The van der Waals surface area contributed by atoms with E-state index in [-0.39, 0.29) is 18.0 Å². The fraction of sp³-hybridized carbons (Fsp3) is 0.571. The first-order valence-electron chi connectivity index (χ1n) is 6.89. The van der Waals surface area contributed by atoms with Gasteiger partial charge in [0, 0.05) is 17.6 Å². The number of nitrogens with zero attached hydrogens (tertiary/aromatic N) is 1. The van der Waals surface area contributed by atoms with Gasteiger partial charge < -0.3 is 5.11 Å². The molecule has 0 saturated heterocycles. The molecule has 0 aliphatic carbocycles. The molecular weight excluding hydrogens is 342 g/mol. The van der Waals surface area contributed by atoms with Crippen molar-refractivity contribution in [3.63, 3.8) is 0 Å². The number of halogens is 1. The number of sulfonamides is 1. The predicted octanol–water partition coefficient (Wildman–Crippen LogP) is 3.01.